The highest BCUT2D eigenvalue weighted by Crippen LogP contribution is 2.25. The highest BCUT2D eigenvalue weighted by atomic mass is 32.2. The zero-order chi connectivity index (χ0) is 27.3. The molecule has 202 valence electrons. The predicted octanol–water partition coefficient (Wildman–Crippen LogP) is 3.82. The lowest BCUT2D eigenvalue weighted by Crippen LogP contribution is -2.42. The second-order valence-electron chi connectivity index (χ2n) is 8.87. The molecule has 0 radical (unpaired) electrons. The summed E-state index contributed by atoms with van der Waals surface area (Å²) in [4.78, 5) is 12.8. The van der Waals surface area contributed by atoms with Gasteiger partial charge in [0.05, 0.1) is 17.8 Å². The summed E-state index contributed by atoms with van der Waals surface area (Å²) in [5.74, 6) is -1.08. The first-order chi connectivity index (χ1) is 18.1. The van der Waals surface area contributed by atoms with Gasteiger partial charge in [0.1, 0.15) is 11.6 Å². The number of anilines is 2. The molecule has 4 rings (SSSR count). The molecular formula is C26H28FN3O6S2. The summed E-state index contributed by atoms with van der Waals surface area (Å²) < 4.78 is 73.6. The number of halogens is 1. The van der Waals surface area contributed by atoms with Gasteiger partial charge in [0.15, 0.2) is 0 Å². The van der Waals surface area contributed by atoms with E-state index in [2.05, 4.69) is 10.0 Å². The maximum Gasteiger partial charge on any atom is 0.261 e. The molecule has 0 unspecified atom stereocenters. The van der Waals surface area contributed by atoms with Crippen LogP contribution in [0.4, 0.5) is 15.8 Å². The normalized spacial score (nSPS) is 15.1. The van der Waals surface area contributed by atoms with E-state index in [0.717, 1.165) is 0 Å². The number of amides is 1. The average Bonchev–Trinajstić information content (AvgIpc) is 2.90. The van der Waals surface area contributed by atoms with Gasteiger partial charge in [0.25, 0.3) is 10.0 Å². The number of nitrogens with one attached hydrogen (secondary N) is 2. The van der Waals surface area contributed by atoms with Crippen molar-refractivity contribution < 1.29 is 30.8 Å². The molecule has 1 saturated heterocycles. The topological polar surface area (TPSA) is 122 Å². The minimum Gasteiger partial charge on any atom is -0.497 e. The van der Waals surface area contributed by atoms with Crippen LogP contribution in [-0.4, -0.2) is 47.2 Å². The molecule has 1 aliphatic rings. The lowest BCUT2D eigenvalue weighted by Gasteiger charge is -2.30. The molecular weight excluding hydrogens is 533 g/mol. The summed E-state index contributed by atoms with van der Waals surface area (Å²) in [5.41, 5.74) is 0.912. The van der Waals surface area contributed by atoms with Crippen molar-refractivity contribution in [1.29, 1.82) is 0 Å². The second-order valence-corrected chi connectivity index (χ2v) is 12.5. The fourth-order valence-corrected chi connectivity index (χ4v) is 6.77. The molecule has 12 heteroatoms. The molecule has 0 aliphatic carbocycles. The van der Waals surface area contributed by atoms with E-state index in [1.807, 2.05) is 0 Å². The summed E-state index contributed by atoms with van der Waals surface area (Å²) in [5, 5.41) is 2.77. The molecule has 1 amide bonds. The molecule has 38 heavy (non-hydrogen) atoms. The van der Waals surface area contributed by atoms with E-state index >= 15 is 0 Å². The molecule has 2 N–H and O–H groups in total. The molecule has 0 bridgehead atoms. The third-order valence-electron chi connectivity index (χ3n) is 6.29. The van der Waals surface area contributed by atoms with E-state index in [0.29, 0.717) is 30.0 Å². The molecule has 1 heterocycles. The van der Waals surface area contributed by atoms with Crippen LogP contribution in [0.25, 0.3) is 0 Å². The fraction of sp³-hybridized carbons (Fsp3) is 0.269. The number of carbonyl (C=O) groups is 1. The van der Waals surface area contributed by atoms with Crippen LogP contribution >= 0.6 is 0 Å². The van der Waals surface area contributed by atoms with Gasteiger partial charge in [-0.2, -0.15) is 0 Å². The molecule has 0 spiro atoms. The van der Waals surface area contributed by atoms with Gasteiger partial charge in [-0.05, 0) is 67.4 Å². The van der Waals surface area contributed by atoms with Crippen molar-refractivity contribution in [3.05, 3.63) is 84.2 Å². The number of nitrogens with zero attached hydrogens (tertiary/aromatic N) is 1. The highest BCUT2D eigenvalue weighted by molar-refractivity contribution is 7.92. The Morgan fingerprint density at radius 2 is 1.53 bits per heavy atom. The van der Waals surface area contributed by atoms with Crippen LogP contribution in [-0.2, 0) is 30.6 Å². The Bertz CT molecular complexity index is 1490. The maximum absolute atomic E-state index is 13.9. The Labute approximate surface area is 221 Å². The fourth-order valence-electron chi connectivity index (χ4n) is 4.13. The number of hydrogen-bond donors (Lipinski definition) is 2. The Kier molecular flexibility index (Phi) is 8.34. The minimum absolute atomic E-state index is 0.0275. The molecule has 9 nitrogen and oxygen atoms in total. The molecule has 1 fully saturated rings. The lowest BCUT2D eigenvalue weighted by molar-refractivity contribution is -0.120. The van der Waals surface area contributed by atoms with Gasteiger partial charge >= 0.3 is 0 Å². The van der Waals surface area contributed by atoms with Gasteiger partial charge in [-0.1, -0.05) is 18.2 Å². The number of carbonyl (C=O) groups excluding carboxylic acids is 1. The van der Waals surface area contributed by atoms with Crippen molar-refractivity contribution >= 4 is 37.3 Å². The van der Waals surface area contributed by atoms with Crippen LogP contribution < -0.4 is 14.8 Å². The van der Waals surface area contributed by atoms with E-state index < -0.39 is 37.5 Å². The van der Waals surface area contributed by atoms with Crippen LogP contribution in [0.3, 0.4) is 0 Å². The monoisotopic (exact) mass is 561 g/mol. The second kappa shape index (κ2) is 11.5. The first-order valence-corrected chi connectivity index (χ1v) is 15.0. The van der Waals surface area contributed by atoms with Crippen molar-refractivity contribution in [2.75, 3.05) is 30.2 Å². The number of rotatable bonds is 9. The first-order valence-electron chi connectivity index (χ1n) is 11.9. The van der Waals surface area contributed by atoms with Gasteiger partial charge < -0.3 is 10.1 Å². The number of piperidine rings is 1. The van der Waals surface area contributed by atoms with Crippen LogP contribution in [0, 0.1) is 11.7 Å². The lowest BCUT2D eigenvalue weighted by atomic mass is 9.97. The summed E-state index contributed by atoms with van der Waals surface area (Å²) in [6.45, 7) is 0.312. The summed E-state index contributed by atoms with van der Waals surface area (Å²) >= 11 is 0. The number of benzene rings is 3. The van der Waals surface area contributed by atoms with Gasteiger partial charge in [-0.3, -0.25) is 9.52 Å². The third kappa shape index (κ3) is 6.69. The van der Waals surface area contributed by atoms with Gasteiger partial charge in [0, 0.05) is 35.9 Å². The average molecular weight is 562 g/mol. The number of hydrogen-bond acceptors (Lipinski definition) is 6. The van der Waals surface area contributed by atoms with Gasteiger partial charge in [-0.15, -0.1) is 0 Å². The molecule has 0 aromatic heterocycles. The Morgan fingerprint density at radius 3 is 2.13 bits per heavy atom. The zero-order valence-corrected chi connectivity index (χ0v) is 22.3. The standard InChI is InChI=1S/C26H28FN3O6S2/c1-36-23-10-6-22(7-11-23)29-38(34,35)24-12-8-21(9-13-24)28-26(31)19-14-16-30(17-15-19)37(32,33)18-20-4-2-3-5-25(20)27/h2-13,19,29H,14-18H2,1H3,(H,28,31). The van der Waals surface area contributed by atoms with Crippen LogP contribution in [0.2, 0.25) is 0 Å². The summed E-state index contributed by atoms with van der Waals surface area (Å²) in [6.07, 6.45) is 0.640. The van der Waals surface area contributed by atoms with Gasteiger partial charge in [-0.25, -0.2) is 25.5 Å². The molecule has 3 aromatic rings. The molecule has 0 saturated carbocycles. The number of methoxy groups -OCH3 is 1. The van der Waals surface area contributed by atoms with Gasteiger partial charge in [0.2, 0.25) is 15.9 Å². The number of sulfonamides is 2. The van der Waals surface area contributed by atoms with E-state index in [9.17, 15) is 26.0 Å². The Morgan fingerprint density at radius 1 is 0.921 bits per heavy atom. The smallest absolute Gasteiger partial charge is 0.261 e. The maximum atomic E-state index is 13.9. The van der Waals surface area contributed by atoms with Crippen molar-refractivity contribution in [3.8, 4) is 5.75 Å². The van der Waals surface area contributed by atoms with Crippen LogP contribution in [0.1, 0.15) is 18.4 Å². The molecule has 0 atom stereocenters. The molecule has 3 aromatic carbocycles. The summed E-state index contributed by atoms with van der Waals surface area (Å²) in [6, 6.07) is 18.0. The third-order valence-corrected chi connectivity index (χ3v) is 9.51. The largest absolute Gasteiger partial charge is 0.497 e. The van der Waals surface area contributed by atoms with Crippen molar-refractivity contribution in [3.63, 3.8) is 0 Å². The Hall–Kier alpha value is -3.48. The first kappa shape index (κ1) is 27.6. The van der Waals surface area contributed by atoms with E-state index in [-0.39, 0.29) is 29.5 Å². The van der Waals surface area contributed by atoms with Crippen LogP contribution in [0.15, 0.2) is 77.7 Å². The van der Waals surface area contributed by atoms with Crippen molar-refractivity contribution in [2.45, 2.75) is 23.5 Å². The highest BCUT2D eigenvalue weighted by Gasteiger charge is 2.31. The van der Waals surface area contributed by atoms with E-state index in [4.69, 9.17) is 4.74 Å². The van der Waals surface area contributed by atoms with Crippen molar-refractivity contribution in [2.24, 2.45) is 5.92 Å². The molecule has 1 aliphatic heterocycles. The van der Waals surface area contributed by atoms with E-state index in [1.165, 1.54) is 53.9 Å². The van der Waals surface area contributed by atoms with Crippen LogP contribution in [0.5, 0.6) is 5.75 Å². The predicted molar refractivity (Wildman–Crippen MR) is 142 cm³/mol. The zero-order valence-electron chi connectivity index (χ0n) is 20.6. The quantitative estimate of drug-likeness (QED) is 0.410. The summed E-state index contributed by atoms with van der Waals surface area (Å²) in [7, 11) is -6.04. The Balaban J connectivity index is 1.31. The van der Waals surface area contributed by atoms with Crippen molar-refractivity contribution in [1.82, 2.24) is 4.31 Å². The SMILES string of the molecule is COc1ccc(NS(=O)(=O)c2ccc(NC(=O)C3CCN(S(=O)(=O)Cc4ccccc4F)CC3)cc2)cc1. The number of ether oxygens (including phenoxy) is 1. The van der Waals surface area contributed by atoms with E-state index in [1.54, 1.807) is 30.3 Å². The minimum atomic E-state index is -3.83.